The number of aliphatic hydroxyl groups excluding tert-OH is 1. The molecular formula is C20H21N3O4. The maximum atomic E-state index is 9.14. The highest BCUT2D eigenvalue weighted by Crippen LogP contribution is 2.40. The highest BCUT2D eigenvalue weighted by Gasteiger charge is 2.18. The monoisotopic (exact) mass is 367 g/mol. The molecule has 0 unspecified atom stereocenters. The first-order valence-corrected chi connectivity index (χ1v) is 8.83. The Morgan fingerprint density at radius 3 is 2.48 bits per heavy atom. The van der Waals surface area contributed by atoms with E-state index in [1.165, 1.54) is 0 Å². The van der Waals surface area contributed by atoms with Gasteiger partial charge in [-0.3, -0.25) is 0 Å². The highest BCUT2D eigenvalue weighted by atomic mass is 16.5. The van der Waals surface area contributed by atoms with Crippen molar-refractivity contribution in [2.24, 2.45) is 0 Å². The second-order valence-corrected chi connectivity index (χ2v) is 6.33. The Labute approximate surface area is 157 Å². The summed E-state index contributed by atoms with van der Waals surface area (Å²) in [6.45, 7) is 1.87. The van der Waals surface area contributed by atoms with Crippen molar-refractivity contribution in [3.8, 4) is 28.5 Å². The molecule has 2 heterocycles. The summed E-state index contributed by atoms with van der Waals surface area (Å²) in [5, 5.41) is 17.7. The van der Waals surface area contributed by atoms with Crippen molar-refractivity contribution in [3.63, 3.8) is 0 Å². The number of aromatic nitrogens is 3. The van der Waals surface area contributed by atoms with E-state index >= 15 is 0 Å². The minimum absolute atomic E-state index is 0.0393. The van der Waals surface area contributed by atoms with E-state index in [2.05, 4.69) is 10.3 Å². The molecule has 27 heavy (non-hydrogen) atoms. The van der Waals surface area contributed by atoms with Crippen LogP contribution in [0.2, 0.25) is 0 Å². The van der Waals surface area contributed by atoms with Crippen molar-refractivity contribution in [2.75, 3.05) is 20.3 Å². The van der Waals surface area contributed by atoms with Crippen LogP contribution >= 0.6 is 0 Å². The molecular weight excluding hydrogens is 346 g/mol. The topological polar surface area (TPSA) is 78.6 Å². The summed E-state index contributed by atoms with van der Waals surface area (Å²) < 4.78 is 18.8. The van der Waals surface area contributed by atoms with E-state index in [1.807, 2.05) is 42.6 Å². The minimum atomic E-state index is 0.0393. The second kappa shape index (κ2) is 7.67. The van der Waals surface area contributed by atoms with Crippen LogP contribution < -0.4 is 14.2 Å². The number of hydrogen-bond acceptors (Lipinski definition) is 6. The van der Waals surface area contributed by atoms with Crippen molar-refractivity contribution < 1.29 is 19.3 Å². The molecule has 0 fully saturated rings. The molecule has 0 bridgehead atoms. The number of hydrogen-bond donors (Lipinski definition) is 1. The van der Waals surface area contributed by atoms with Crippen LogP contribution in [-0.4, -0.2) is 40.4 Å². The Hall–Kier alpha value is -3.06. The van der Waals surface area contributed by atoms with Gasteiger partial charge in [0.05, 0.1) is 39.7 Å². The quantitative estimate of drug-likeness (QED) is 0.747. The number of nitrogens with zero attached hydrogens (tertiary/aromatic N) is 3. The first-order valence-electron chi connectivity index (χ1n) is 8.83. The summed E-state index contributed by atoms with van der Waals surface area (Å²) in [5.41, 5.74) is 3.47. The summed E-state index contributed by atoms with van der Waals surface area (Å²) in [7, 11) is 1.62. The van der Waals surface area contributed by atoms with Gasteiger partial charge < -0.3 is 19.3 Å². The van der Waals surface area contributed by atoms with E-state index in [0.29, 0.717) is 42.7 Å². The molecule has 0 atom stereocenters. The van der Waals surface area contributed by atoms with Crippen LogP contribution in [0, 0.1) is 0 Å². The van der Waals surface area contributed by atoms with Gasteiger partial charge in [0.15, 0.2) is 11.5 Å². The van der Waals surface area contributed by atoms with Gasteiger partial charge in [-0.25, -0.2) is 4.68 Å². The molecule has 3 aromatic rings. The molecule has 140 valence electrons. The molecule has 2 aromatic carbocycles. The van der Waals surface area contributed by atoms with E-state index in [1.54, 1.807) is 11.8 Å². The van der Waals surface area contributed by atoms with Crippen LogP contribution in [0.5, 0.6) is 17.2 Å². The Morgan fingerprint density at radius 1 is 1.07 bits per heavy atom. The van der Waals surface area contributed by atoms with Crippen molar-refractivity contribution in [3.05, 3.63) is 53.7 Å². The lowest BCUT2D eigenvalue weighted by atomic mass is 10.1. The normalized spacial score (nSPS) is 13.3. The zero-order valence-corrected chi connectivity index (χ0v) is 15.1. The number of fused-ring (bicyclic) bond motifs is 1. The predicted molar refractivity (Wildman–Crippen MR) is 99.1 cm³/mol. The first kappa shape index (κ1) is 17.4. The number of benzene rings is 2. The summed E-state index contributed by atoms with van der Waals surface area (Å²) in [4.78, 5) is 0. The van der Waals surface area contributed by atoms with Gasteiger partial charge in [0.25, 0.3) is 0 Å². The van der Waals surface area contributed by atoms with Gasteiger partial charge in [-0.15, -0.1) is 5.10 Å². The molecule has 7 heteroatoms. The van der Waals surface area contributed by atoms with E-state index in [0.717, 1.165) is 23.1 Å². The fraction of sp³-hybridized carbons (Fsp3) is 0.300. The molecule has 1 aromatic heterocycles. The average Bonchev–Trinajstić information content (AvgIpc) is 3.04. The van der Waals surface area contributed by atoms with Crippen LogP contribution in [0.15, 0.2) is 42.6 Å². The van der Waals surface area contributed by atoms with E-state index in [9.17, 15) is 0 Å². The second-order valence-electron chi connectivity index (χ2n) is 6.33. The molecule has 0 saturated heterocycles. The van der Waals surface area contributed by atoms with E-state index in [4.69, 9.17) is 19.3 Å². The van der Waals surface area contributed by atoms with Crippen molar-refractivity contribution in [1.29, 1.82) is 0 Å². The first-order chi connectivity index (χ1) is 13.3. The molecule has 0 amide bonds. The molecule has 7 nitrogen and oxygen atoms in total. The van der Waals surface area contributed by atoms with Crippen molar-refractivity contribution >= 4 is 0 Å². The van der Waals surface area contributed by atoms with Gasteiger partial charge in [-0.05, 0) is 17.2 Å². The molecule has 0 radical (unpaired) electrons. The van der Waals surface area contributed by atoms with E-state index in [-0.39, 0.29) is 6.61 Å². The molecule has 1 N–H and O–H groups in total. The van der Waals surface area contributed by atoms with Crippen LogP contribution in [0.25, 0.3) is 11.3 Å². The molecule has 1 aliphatic heterocycles. The van der Waals surface area contributed by atoms with Crippen LogP contribution in [0.3, 0.4) is 0 Å². The summed E-state index contributed by atoms with van der Waals surface area (Å²) in [6.07, 6.45) is 2.72. The van der Waals surface area contributed by atoms with Crippen molar-refractivity contribution in [1.82, 2.24) is 15.0 Å². The summed E-state index contributed by atoms with van der Waals surface area (Å²) in [5.74, 6) is 2.04. The standard InChI is InChI=1S/C20H21N3O4/c1-25-18-10-20-19(26-7-2-8-27-20)9-16(18)17-12-23(22-21-17)11-14-3-5-15(13-24)6-4-14/h3-6,9-10,12,24H,2,7-8,11,13H2,1H3. The zero-order chi connectivity index (χ0) is 18.6. The maximum absolute atomic E-state index is 9.14. The predicted octanol–water partition coefficient (Wildman–Crippen LogP) is 2.66. The van der Waals surface area contributed by atoms with Crippen LogP contribution in [0.4, 0.5) is 0 Å². The Morgan fingerprint density at radius 2 is 1.78 bits per heavy atom. The lowest BCUT2D eigenvalue weighted by molar-refractivity contribution is 0.282. The number of rotatable bonds is 5. The van der Waals surface area contributed by atoms with Gasteiger partial charge in [0.1, 0.15) is 11.4 Å². The third kappa shape index (κ3) is 3.73. The number of methoxy groups -OCH3 is 1. The fourth-order valence-corrected chi connectivity index (χ4v) is 3.00. The SMILES string of the molecule is COc1cc2c(cc1-c1cn(Cc3ccc(CO)cc3)nn1)OCCCO2. The van der Waals surface area contributed by atoms with Crippen LogP contribution in [-0.2, 0) is 13.2 Å². The van der Waals surface area contributed by atoms with Crippen LogP contribution in [0.1, 0.15) is 17.5 Å². The zero-order valence-electron chi connectivity index (χ0n) is 15.1. The third-order valence-electron chi connectivity index (χ3n) is 4.43. The average molecular weight is 367 g/mol. The molecule has 4 rings (SSSR count). The minimum Gasteiger partial charge on any atom is -0.496 e. The van der Waals surface area contributed by atoms with Gasteiger partial charge in [-0.2, -0.15) is 0 Å². The molecule has 1 aliphatic rings. The Balaban J connectivity index is 1.61. The summed E-state index contributed by atoms with van der Waals surface area (Å²) in [6, 6.07) is 11.5. The smallest absolute Gasteiger partial charge is 0.164 e. The largest absolute Gasteiger partial charge is 0.496 e. The number of aliphatic hydroxyl groups is 1. The van der Waals surface area contributed by atoms with E-state index < -0.39 is 0 Å². The number of ether oxygens (including phenoxy) is 3. The van der Waals surface area contributed by atoms with Crippen molar-refractivity contribution in [2.45, 2.75) is 19.6 Å². The summed E-state index contributed by atoms with van der Waals surface area (Å²) >= 11 is 0. The third-order valence-corrected chi connectivity index (χ3v) is 4.43. The van der Waals surface area contributed by atoms with Gasteiger partial charge in [-0.1, -0.05) is 29.5 Å². The molecule has 0 aliphatic carbocycles. The Bertz CT molecular complexity index is 921. The van der Waals surface area contributed by atoms with Gasteiger partial charge in [0, 0.05) is 18.1 Å². The van der Waals surface area contributed by atoms with Gasteiger partial charge in [0.2, 0.25) is 0 Å². The fourth-order valence-electron chi connectivity index (χ4n) is 3.00. The molecule has 0 saturated carbocycles. The lowest BCUT2D eigenvalue weighted by Gasteiger charge is -2.12. The lowest BCUT2D eigenvalue weighted by Crippen LogP contribution is -2.00. The van der Waals surface area contributed by atoms with Gasteiger partial charge >= 0.3 is 0 Å². The molecule has 0 spiro atoms. The maximum Gasteiger partial charge on any atom is 0.164 e. The Kier molecular flexibility index (Phi) is 4.93. The highest BCUT2D eigenvalue weighted by molar-refractivity contribution is 5.71.